The zero-order chi connectivity index (χ0) is 13.1. The Morgan fingerprint density at radius 2 is 2.22 bits per heavy atom. The van der Waals surface area contributed by atoms with Crippen LogP contribution in [0.5, 0.6) is 0 Å². The minimum Gasteiger partial charge on any atom is -0.363 e. The van der Waals surface area contributed by atoms with Crippen LogP contribution >= 0.6 is 38.9 Å². The first-order valence-electron chi connectivity index (χ1n) is 4.88. The van der Waals surface area contributed by atoms with Gasteiger partial charge in [0.15, 0.2) is 0 Å². The van der Waals surface area contributed by atoms with Gasteiger partial charge < -0.3 is 10.6 Å². The highest BCUT2D eigenvalue weighted by atomic mass is 79.9. The summed E-state index contributed by atoms with van der Waals surface area (Å²) in [6.45, 7) is 0. The number of nitrogens with zero attached hydrogens (tertiary/aromatic N) is 2. The highest BCUT2D eigenvalue weighted by Gasteiger charge is 2.14. The average Bonchev–Trinajstić information content (AvgIpc) is 2.83. The summed E-state index contributed by atoms with van der Waals surface area (Å²) in [4.78, 5) is 11.9. The number of hydrogen-bond donors (Lipinski definition) is 2. The van der Waals surface area contributed by atoms with Crippen molar-refractivity contribution in [3.8, 4) is 0 Å². The van der Waals surface area contributed by atoms with Crippen molar-refractivity contribution in [3.05, 3.63) is 32.7 Å². The number of anilines is 2. The second-order valence-electron chi connectivity index (χ2n) is 3.22. The van der Waals surface area contributed by atoms with Crippen LogP contribution in [0.4, 0.5) is 10.8 Å². The topological polar surface area (TPSA) is 66.9 Å². The maximum atomic E-state index is 11.9. The number of carbonyl (C=O) groups excluding carboxylic acids is 1. The normalized spacial score (nSPS) is 10.2. The lowest BCUT2D eigenvalue weighted by Crippen LogP contribution is -2.12. The van der Waals surface area contributed by atoms with Gasteiger partial charge in [-0.25, -0.2) is 0 Å². The largest absolute Gasteiger partial charge is 0.363 e. The Balaban J connectivity index is 2.18. The number of carbonyl (C=O) groups is 1. The smallest absolute Gasteiger partial charge is 0.286 e. The lowest BCUT2D eigenvalue weighted by atomic mass is 10.3. The molecule has 94 valence electrons. The lowest BCUT2D eigenvalue weighted by Gasteiger charge is -2.06. The van der Waals surface area contributed by atoms with Crippen LogP contribution in [0.2, 0.25) is 5.02 Å². The quantitative estimate of drug-likeness (QED) is 0.894. The summed E-state index contributed by atoms with van der Waals surface area (Å²) in [5.74, 6) is -0.322. The molecule has 1 aromatic heterocycles. The van der Waals surface area contributed by atoms with Crippen LogP contribution in [0.1, 0.15) is 9.80 Å². The van der Waals surface area contributed by atoms with Crippen molar-refractivity contribution < 1.29 is 4.79 Å². The van der Waals surface area contributed by atoms with Crippen LogP contribution < -0.4 is 10.6 Å². The van der Waals surface area contributed by atoms with Gasteiger partial charge in [0.05, 0.1) is 15.2 Å². The monoisotopic (exact) mass is 346 g/mol. The Morgan fingerprint density at radius 1 is 1.44 bits per heavy atom. The summed E-state index contributed by atoms with van der Waals surface area (Å²) in [6, 6.07) is 5.22. The van der Waals surface area contributed by atoms with Crippen molar-refractivity contribution in [2.24, 2.45) is 0 Å². The predicted molar refractivity (Wildman–Crippen MR) is 76.6 cm³/mol. The molecule has 2 aromatic rings. The van der Waals surface area contributed by atoms with Gasteiger partial charge in [0, 0.05) is 7.05 Å². The molecule has 5 nitrogen and oxygen atoms in total. The molecule has 1 aromatic carbocycles. The number of amides is 1. The summed E-state index contributed by atoms with van der Waals surface area (Å²) in [7, 11) is 1.72. The van der Waals surface area contributed by atoms with E-state index in [1.165, 1.54) is 11.3 Å². The molecule has 0 aliphatic rings. The van der Waals surface area contributed by atoms with Crippen LogP contribution in [-0.2, 0) is 0 Å². The van der Waals surface area contributed by atoms with Crippen LogP contribution in [0.25, 0.3) is 0 Å². The third-order valence-corrected chi connectivity index (χ3v) is 4.37. The standard InChI is InChI=1S/C10H8BrClN4OS/c1-13-10-16-15-9(18-10)8(17)14-6-4-2-3-5(12)7(6)11/h2-4H,1H3,(H,13,16)(H,14,17). The predicted octanol–water partition coefficient (Wildman–Crippen LogP) is 3.25. The third kappa shape index (κ3) is 2.80. The molecule has 0 unspecified atom stereocenters. The van der Waals surface area contributed by atoms with E-state index < -0.39 is 0 Å². The van der Waals surface area contributed by atoms with E-state index in [9.17, 15) is 4.79 Å². The molecule has 8 heteroatoms. The Kier molecular flexibility index (Phi) is 4.15. The van der Waals surface area contributed by atoms with Crippen molar-refractivity contribution in [2.45, 2.75) is 0 Å². The van der Waals surface area contributed by atoms with Crippen molar-refractivity contribution in [2.75, 3.05) is 17.7 Å². The van der Waals surface area contributed by atoms with Gasteiger partial charge in [-0.2, -0.15) is 0 Å². The molecule has 0 aliphatic carbocycles. The average molecular weight is 348 g/mol. The maximum Gasteiger partial charge on any atom is 0.286 e. The third-order valence-electron chi connectivity index (χ3n) is 2.03. The minimum absolute atomic E-state index is 0.284. The van der Waals surface area contributed by atoms with E-state index in [4.69, 9.17) is 11.6 Å². The van der Waals surface area contributed by atoms with E-state index in [2.05, 4.69) is 36.8 Å². The fourth-order valence-electron chi connectivity index (χ4n) is 1.19. The molecule has 1 amide bonds. The Morgan fingerprint density at radius 3 is 2.89 bits per heavy atom. The number of halogens is 2. The molecular formula is C10H8BrClN4OS. The molecular weight excluding hydrogens is 340 g/mol. The number of benzene rings is 1. The molecule has 0 fully saturated rings. The number of rotatable bonds is 3. The van der Waals surface area contributed by atoms with E-state index >= 15 is 0 Å². The second-order valence-corrected chi connectivity index (χ2v) is 5.40. The van der Waals surface area contributed by atoms with Gasteiger partial charge >= 0.3 is 0 Å². The summed E-state index contributed by atoms with van der Waals surface area (Å²) in [5.41, 5.74) is 0.591. The van der Waals surface area contributed by atoms with Gasteiger partial charge in [0.2, 0.25) is 10.1 Å². The van der Waals surface area contributed by atoms with Crippen molar-refractivity contribution in [1.29, 1.82) is 0 Å². The first-order valence-corrected chi connectivity index (χ1v) is 6.87. The van der Waals surface area contributed by atoms with E-state index in [1.54, 1.807) is 25.2 Å². The van der Waals surface area contributed by atoms with E-state index in [0.29, 0.717) is 20.3 Å². The zero-order valence-electron chi connectivity index (χ0n) is 9.20. The van der Waals surface area contributed by atoms with E-state index in [1.807, 2.05) is 0 Å². The highest BCUT2D eigenvalue weighted by molar-refractivity contribution is 9.10. The zero-order valence-corrected chi connectivity index (χ0v) is 12.4. The van der Waals surface area contributed by atoms with Gasteiger partial charge in [-0.3, -0.25) is 4.79 Å². The minimum atomic E-state index is -0.322. The summed E-state index contributed by atoms with van der Waals surface area (Å²) >= 11 is 10.4. The number of hydrogen-bond acceptors (Lipinski definition) is 5. The van der Waals surface area contributed by atoms with Gasteiger partial charge in [0.1, 0.15) is 0 Å². The van der Waals surface area contributed by atoms with Gasteiger partial charge in [-0.15, -0.1) is 10.2 Å². The van der Waals surface area contributed by atoms with E-state index in [-0.39, 0.29) is 10.9 Å². The first-order chi connectivity index (χ1) is 8.61. The summed E-state index contributed by atoms with van der Waals surface area (Å²) in [6.07, 6.45) is 0. The Labute approximate surface area is 121 Å². The van der Waals surface area contributed by atoms with Gasteiger partial charge in [-0.05, 0) is 28.1 Å². The van der Waals surface area contributed by atoms with Gasteiger partial charge in [0.25, 0.3) is 5.91 Å². The Bertz CT molecular complexity index is 589. The van der Waals surface area contributed by atoms with E-state index in [0.717, 1.165) is 0 Å². The van der Waals surface area contributed by atoms with Gasteiger partial charge in [-0.1, -0.05) is 29.0 Å². The summed E-state index contributed by atoms with van der Waals surface area (Å²) < 4.78 is 0.637. The lowest BCUT2D eigenvalue weighted by molar-refractivity contribution is 0.102. The molecule has 18 heavy (non-hydrogen) atoms. The Hall–Kier alpha value is -1.18. The van der Waals surface area contributed by atoms with Crippen LogP contribution in [-0.4, -0.2) is 23.2 Å². The maximum absolute atomic E-state index is 11.9. The van der Waals surface area contributed by atoms with Crippen molar-refractivity contribution in [3.63, 3.8) is 0 Å². The summed E-state index contributed by atoms with van der Waals surface area (Å²) in [5, 5.41) is 14.5. The number of aromatic nitrogens is 2. The molecule has 0 radical (unpaired) electrons. The molecule has 0 saturated carbocycles. The molecule has 0 atom stereocenters. The SMILES string of the molecule is CNc1nnc(C(=O)Nc2cccc(Cl)c2Br)s1. The molecule has 0 bridgehead atoms. The molecule has 0 saturated heterocycles. The molecule has 1 heterocycles. The molecule has 2 N–H and O–H groups in total. The molecule has 2 rings (SSSR count). The van der Waals surface area contributed by atoms with Crippen LogP contribution in [0.3, 0.4) is 0 Å². The number of nitrogens with one attached hydrogen (secondary N) is 2. The molecule has 0 spiro atoms. The highest BCUT2D eigenvalue weighted by Crippen LogP contribution is 2.30. The van der Waals surface area contributed by atoms with Crippen LogP contribution in [0, 0.1) is 0 Å². The van der Waals surface area contributed by atoms with Crippen LogP contribution in [0.15, 0.2) is 22.7 Å². The fraction of sp³-hybridized carbons (Fsp3) is 0.100. The molecule has 0 aliphatic heterocycles. The second kappa shape index (κ2) is 5.64. The van der Waals surface area contributed by atoms with Crippen molar-refractivity contribution in [1.82, 2.24) is 10.2 Å². The first kappa shape index (κ1) is 13.3. The fourth-order valence-corrected chi connectivity index (χ4v) is 2.32. The van der Waals surface area contributed by atoms with Crippen molar-refractivity contribution >= 4 is 55.6 Å².